The van der Waals surface area contributed by atoms with Crippen molar-refractivity contribution in [1.29, 1.82) is 0 Å². The fourth-order valence-electron chi connectivity index (χ4n) is 4.33. The van der Waals surface area contributed by atoms with Gasteiger partial charge in [0, 0.05) is 23.6 Å². The second-order valence-electron chi connectivity index (χ2n) is 8.03. The highest BCUT2D eigenvalue weighted by Crippen LogP contribution is 2.37. The van der Waals surface area contributed by atoms with Crippen LogP contribution in [-0.2, 0) is 6.54 Å². The number of rotatable bonds is 3. The molecule has 160 valence electrons. The quantitative estimate of drug-likeness (QED) is 0.444. The van der Waals surface area contributed by atoms with Crippen molar-refractivity contribution in [2.75, 3.05) is 12.4 Å². The van der Waals surface area contributed by atoms with E-state index in [-0.39, 0.29) is 12.1 Å². The molecule has 0 aliphatic carbocycles. The summed E-state index contributed by atoms with van der Waals surface area (Å²) in [7, 11) is 1.62. The Morgan fingerprint density at radius 3 is 2.59 bits per heavy atom. The maximum Gasteiger partial charge on any atom is 0.322 e. The zero-order valence-corrected chi connectivity index (χ0v) is 18.2. The topological polar surface area (TPSA) is 46.5 Å². The molecular formula is C27H25N3O2. The van der Waals surface area contributed by atoms with E-state index in [1.54, 1.807) is 7.11 Å². The van der Waals surface area contributed by atoms with Crippen molar-refractivity contribution in [3.8, 4) is 11.4 Å². The Morgan fingerprint density at radius 2 is 1.78 bits per heavy atom. The Morgan fingerprint density at radius 1 is 0.969 bits per heavy atom. The molecule has 0 spiro atoms. The number of para-hydroxylation sites is 1. The molecule has 4 aromatic rings. The van der Waals surface area contributed by atoms with Gasteiger partial charge < -0.3 is 19.5 Å². The zero-order valence-electron chi connectivity index (χ0n) is 18.2. The van der Waals surface area contributed by atoms with Gasteiger partial charge in [-0.25, -0.2) is 4.79 Å². The van der Waals surface area contributed by atoms with E-state index in [0.29, 0.717) is 18.0 Å². The molecule has 0 bridgehead atoms. The number of aromatic nitrogens is 1. The van der Waals surface area contributed by atoms with Crippen LogP contribution in [0, 0.1) is 6.92 Å². The van der Waals surface area contributed by atoms with Crippen LogP contribution < -0.4 is 10.1 Å². The van der Waals surface area contributed by atoms with Gasteiger partial charge in [-0.3, -0.25) is 0 Å². The molecule has 1 unspecified atom stereocenters. The average Bonchev–Trinajstić information content (AvgIpc) is 3.24. The van der Waals surface area contributed by atoms with Gasteiger partial charge in [-0.15, -0.1) is 0 Å². The molecule has 1 N–H and O–H groups in total. The number of hydrogen-bond donors (Lipinski definition) is 1. The number of carbonyl (C=O) groups excluding carboxylic acids is 1. The minimum Gasteiger partial charge on any atom is -0.497 e. The number of fused-ring (bicyclic) bond motifs is 3. The average molecular weight is 424 g/mol. The maximum absolute atomic E-state index is 13.7. The Labute approximate surface area is 187 Å². The first-order valence-electron chi connectivity index (χ1n) is 10.7. The van der Waals surface area contributed by atoms with Crippen LogP contribution in [0.3, 0.4) is 0 Å². The Kier molecular flexibility index (Phi) is 5.15. The Balaban J connectivity index is 1.61. The monoisotopic (exact) mass is 423 g/mol. The van der Waals surface area contributed by atoms with Gasteiger partial charge in [0.15, 0.2) is 0 Å². The van der Waals surface area contributed by atoms with Gasteiger partial charge >= 0.3 is 6.03 Å². The predicted octanol–water partition coefficient (Wildman–Crippen LogP) is 5.93. The highest BCUT2D eigenvalue weighted by molar-refractivity contribution is 5.90. The number of ether oxygens (including phenoxy) is 1. The summed E-state index contributed by atoms with van der Waals surface area (Å²) in [5.74, 6) is 0.702. The SMILES string of the molecule is COc1cccc(NC(=O)N2Cc3ccccc3-n3cccc3C2c2ccc(C)cc2)c1. The van der Waals surface area contributed by atoms with Crippen molar-refractivity contribution >= 4 is 11.7 Å². The van der Waals surface area contributed by atoms with Crippen LogP contribution >= 0.6 is 0 Å². The van der Waals surface area contributed by atoms with E-state index < -0.39 is 0 Å². The summed E-state index contributed by atoms with van der Waals surface area (Å²) >= 11 is 0. The summed E-state index contributed by atoms with van der Waals surface area (Å²) in [6.07, 6.45) is 2.07. The smallest absolute Gasteiger partial charge is 0.322 e. The number of amides is 2. The predicted molar refractivity (Wildman–Crippen MR) is 126 cm³/mol. The zero-order chi connectivity index (χ0) is 22.1. The van der Waals surface area contributed by atoms with Crippen LogP contribution in [0.25, 0.3) is 5.69 Å². The van der Waals surface area contributed by atoms with Crippen molar-refractivity contribution in [1.82, 2.24) is 9.47 Å². The molecule has 5 nitrogen and oxygen atoms in total. The number of nitrogens with one attached hydrogen (secondary N) is 1. The van der Waals surface area contributed by atoms with E-state index in [2.05, 4.69) is 65.5 Å². The standard InChI is InChI=1S/C27H25N3O2/c1-19-12-14-20(15-13-19)26-25-11-6-16-29(25)24-10-4-3-7-21(24)18-30(26)27(31)28-22-8-5-9-23(17-22)32-2/h3-17,26H,18H2,1-2H3,(H,28,31). The van der Waals surface area contributed by atoms with Crippen LogP contribution in [0.15, 0.2) is 91.1 Å². The first-order chi connectivity index (χ1) is 15.6. The van der Waals surface area contributed by atoms with Crippen LogP contribution in [0.5, 0.6) is 5.75 Å². The lowest BCUT2D eigenvalue weighted by Crippen LogP contribution is -2.37. The van der Waals surface area contributed by atoms with Crippen molar-refractivity contribution in [3.63, 3.8) is 0 Å². The minimum absolute atomic E-state index is 0.159. The van der Waals surface area contributed by atoms with E-state index in [1.165, 1.54) is 5.56 Å². The third-order valence-corrected chi connectivity index (χ3v) is 5.94. The summed E-state index contributed by atoms with van der Waals surface area (Å²) < 4.78 is 7.51. The van der Waals surface area contributed by atoms with Gasteiger partial charge in [-0.05, 0) is 48.4 Å². The minimum atomic E-state index is -0.233. The molecular weight excluding hydrogens is 398 g/mol. The third-order valence-electron chi connectivity index (χ3n) is 5.94. The number of methoxy groups -OCH3 is 1. The highest BCUT2D eigenvalue weighted by Gasteiger charge is 2.33. The van der Waals surface area contributed by atoms with Crippen LogP contribution in [0.1, 0.15) is 28.4 Å². The third kappa shape index (κ3) is 3.62. The van der Waals surface area contributed by atoms with Crippen molar-refractivity contribution in [2.24, 2.45) is 0 Å². The summed E-state index contributed by atoms with van der Waals surface area (Å²) in [6, 6.07) is 27.8. The van der Waals surface area contributed by atoms with Gasteiger partial charge in [-0.2, -0.15) is 0 Å². The lowest BCUT2D eigenvalue weighted by atomic mass is 10.0. The molecule has 5 heteroatoms. The van der Waals surface area contributed by atoms with Gasteiger partial charge in [0.25, 0.3) is 0 Å². The van der Waals surface area contributed by atoms with Crippen molar-refractivity contribution in [3.05, 3.63) is 114 Å². The van der Waals surface area contributed by atoms with E-state index in [9.17, 15) is 4.79 Å². The summed E-state index contributed by atoms with van der Waals surface area (Å²) in [5, 5.41) is 3.08. The number of benzene rings is 3. The maximum atomic E-state index is 13.7. The van der Waals surface area contributed by atoms with Gasteiger partial charge in [-0.1, -0.05) is 54.1 Å². The van der Waals surface area contributed by atoms with Crippen molar-refractivity contribution in [2.45, 2.75) is 19.5 Å². The fraction of sp³-hybridized carbons (Fsp3) is 0.148. The molecule has 0 saturated heterocycles. The first-order valence-corrected chi connectivity index (χ1v) is 10.7. The molecule has 2 amide bonds. The molecule has 1 aliphatic rings. The van der Waals surface area contributed by atoms with Crippen LogP contribution in [-0.4, -0.2) is 22.6 Å². The number of carbonyl (C=O) groups is 1. The first kappa shape index (κ1) is 19.9. The van der Waals surface area contributed by atoms with Gasteiger partial charge in [0.05, 0.1) is 25.4 Å². The second kappa shape index (κ2) is 8.27. The Bertz CT molecular complexity index is 1260. The van der Waals surface area contributed by atoms with E-state index in [0.717, 1.165) is 22.5 Å². The highest BCUT2D eigenvalue weighted by atomic mass is 16.5. The van der Waals surface area contributed by atoms with E-state index >= 15 is 0 Å². The molecule has 5 rings (SSSR count). The summed E-state index contributed by atoms with van der Waals surface area (Å²) in [4.78, 5) is 15.6. The van der Waals surface area contributed by atoms with Gasteiger partial charge in [0.1, 0.15) is 5.75 Å². The number of urea groups is 1. The second-order valence-corrected chi connectivity index (χ2v) is 8.03. The largest absolute Gasteiger partial charge is 0.497 e. The lowest BCUT2D eigenvalue weighted by molar-refractivity contribution is 0.194. The summed E-state index contributed by atoms with van der Waals surface area (Å²) in [5.41, 5.74) is 6.21. The molecule has 0 saturated carbocycles. The number of hydrogen-bond acceptors (Lipinski definition) is 2. The lowest BCUT2D eigenvalue weighted by Gasteiger charge is -2.31. The molecule has 32 heavy (non-hydrogen) atoms. The molecule has 2 heterocycles. The van der Waals surface area contributed by atoms with E-state index in [4.69, 9.17) is 4.74 Å². The summed E-state index contributed by atoms with van der Waals surface area (Å²) in [6.45, 7) is 2.56. The van der Waals surface area contributed by atoms with Crippen molar-refractivity contribution < 1.29 is 9.53 Å². The normalized spacial score (nSPS) is 14.8. The Hall–Kier alpha value is -3.99. The molecule has 1 aliphatic heterocycles. The molecule has 1 aromatic heterocycles. The number of anilines is 1. The van der Waals surface area contributed by atoms with Crippen LogP contribution in [0.2, 0.25) is 0 Å². The van der Waals surface area contributed by atoms with E-state index in [1.807, 2.05) is 47.4 Å². The fourth-order valence-corrected chi connectivity index (χ4v) is 4.33. The number of aryl methyl sites for hydroxylation is 1. The molecule has 1 atom stereocenters. The molecule has 0 radical (unpaired) electrons. The van der Waals surface area contributed by atoms with Crippen LogP contribution in [0.4, 0.5) is 10.5 Å². The molecule has 0 fully saturated rings. The number of nitrogens with zero attached hydrogens (tertiary/aromatic N) is 2. The molecule has 3 aromatic carbocycles. The van der Waals surface area contributed by atoms with Gasteiger partial charge in [0.2, 0.25) is 0 Å².